The van der Waals surface area contributed by atoms with Crippen molar-refractivity contribution in [3.05, 3.63) is 46.6 Å². The molecule has 0 aromatic heterocycles. The number of unbranched alkanes of at least 4 members (excludes halogenated alkanes) is 1. The molecule has 1 aromatic carbocycles. The molecular weight excluding hydrogens is 402 g/mol. The van der Waals surface area contributed by atoms with Gasteiger partial charge in [-0.1, -0.05) is 43.5 Å². The van der Waals surface area contributed by atoms with Gasteiger partial charge in [0.1, 0.15) is 5.70 Å². The fourth-order valence-electron chi connectivity index (χ4n) is 3.84. The summed E-state index contributed by atoms with van der Waals surface area (Å²) in [5.74, 6) is -0.219. The van der Waals surface area contributed by atoms with Crippen LogP contribution in [0.25, 0.3) is 0 Å². The first-order chi connectivity index (χ1) is 14.4. The van der Waals surface area contributed by atoms with Crippen LogP contribution in [0, 0.1) is 0 Å². The van der Waals surface area contributed by atoms with Crippen molar-refractivity contribution in [2.24, 2.45) is 0 Å². The van der Waals surface area contributed by atoms with E-state index < -0.39 is 0 Å². The summed E-state index contributed by atoms with van der Waals surface area (Å²) in [6, 6.07) is 7.71. The number of nitrogens with one attached hydrogen (secondary N) is 2. The number of carbonyl (C=O) groups is 2. The molecule has 2 aliphatic rings. The highest BCUT2D eigenvalue weighted by molar-refractivity contribution is 6.30. The maximum Gasteiger partial charge on any atom is 0.271 e. The van der Waals surface area contributed by atoms with Gasteiger partial charge >= 0.3 is 0 Å². The molecule has 0 bridgehead atoms. The molecular formula is C22H32ClN5O2. The zero-order valence-electron chi connectivity index (χ0n) is 18.0. The van der Waals surface area contributed by atoms with Gasteiger partial charge in [-0.25, -0.2) is 5.43 Å². The number of hydrogen-bond acceptors (Lipinski definition) is 5. The summed E-state index contributed by atoms with van der Waals surface area (Å²) in [5, 5.41) is 5.60. The Labute approximate surface area is 184 Å². The Morgan fingerprint density at radius 3 is 2.70 bits per heavy atom. The SMILES string of the molecule is CCCCC1CN(CC(=O)NCCN(C)C)C(=O)C2=CC(c3ccc(Cl)cc3)NN21. The summed E-state index contributed by atoms with van der Waals surface area (Å²) in [6.45, 7) is 4.13. The van der Waals surface area contributed by atoms with Crippen molar-refractivity contribution >= 4 is 23.4 Å². The van der Waals surface area contributed by atoms with E-state index >= 15 is 0 Å². The number of benzene rings is 1. The lowest BCUT2D eigenvalue weighted by atomic mass is 10.0. The van der Waals surface area contributed by atoms with Crippen molar-refractivity contribution in [1.29, 1.82) is 0 Å². The van der Waals surface area contributed by atoms with Crippen molar-refractivity contribution in [1.82, 2.24) is 25.6 Å². The van der Waals surface area contributed by atoms with E-state index in [0.29, 0.717) is 23.8 Å². The Morgan fingerprint density at radius 2 is 2.03 bits per heavy atom. The number of piperazine rings is 1. The van der Waals surface area contributed by atoms with E-state index in [1.807, 2.05) is 54.3 Å². The summed E-state index contributed by atoms with van der Waals surface area (Å²) < 4.78 is 0. The quantitative estimate of drug-likeness (QED) is 0.624. The van der Waals surface area contributed by atoms with Crippen LogP contribution in [-0.4, -0.2) is 72.9 Å². The molecule has 0 aliphatic carbocycles. The fraction of sp³-hybridized carbons (Fsp3) is 0.545. The van der Waals surface area contributed by atoms with Gasteiger partial charge in [0, 0.05) is 24.7 Å². The molecule has 1 fully saturated rings. The monoisotopic (exact) mass is 433 g/mol. The molecule has 1 saturated heterocycles. The molecule has 2 heterocycles. The lowest BCUT2D eigenvalue weighted by molar-refractivity contribution is -0.138. The number of rotatable bonds is 9. The first kappa shape index (κ1) is 22.6. The van der Waals surface area contributed by atoms with Crippen LogP contribution in [0.4, 0.5) is 0 Å². The number of hydrogen-bond donors (Lipinski definition) is 2. The lowest BCUT2D eigenvalue weighted by Crippen LogP contribution is -2.58. The van der Waals surface area contributed by atoms with Crippen LogP contribution >= 0.6 is 11.6 Å². The predicted octanol–water partition coefficient (Wildman–Crippen LogP) is 2.16. The van der Waals surface area contributed by atoms with Gasteiger partial charge in [-0.05, 0) is 44.3 Å². The zero-order valence-corrected chi connectivity index (χ0v) is 18.8. The van der Waals surface area contributed by atoms with E-state index in [2.05, 4.69) is 17.7 Å². The smallest absolute Gasteiger partial charge is 0.271 e. The van der Waals surface area contributed by atoms with Gasteiger partial charge in [0.15, 0.2) is 0 Å². The Bertz CT molecular complexity index is 780. The van der Waals surface area contributed by atoms with Gasteiger partial charge in [-0.2, -0.15) is 0 Å². The second-order valence-electron chi connectivity index (χ2n) is 8.22. The third-order valence-electron chi connectivity index (χ3n) is 5.50. The third kappa shape index (κ3) is 5.53. The second kappa shape index (κ2) is 10.3. The van der Waals surface area contributed by atoms with Crippen molar-refractivity contribution in [2.75, 3.05) is 40.3 Å². The highest BCUT2D eigenvalue weighted by Gasteiger charge is 2.41. The summed E-state index contributed by atoms with van der Waals surface area (Å²) in [6.07, 6.45) is 5.07. The fourth-order valence-corrected chi connectivity index (χ4v) is 3.96. The number of fused-ring (bicyclic) bond motifs is 1. The second-order valence-corrected chi connectivity index (χ2v) is 8.65. The largest absolute Gasteiger partial charge is 0.353 e. The maximum absolute atomic E-state index is 13.1. The molecule has 2 aliphatic heterocycles. The normalized spacial score (nSPS) is 21.1. The highest BCUT2D eigenvalue weighted by Crippen LogP contribution is 2.32. The summed E-state index contributed by atoms with van der Waals surface area (Å²) >= 11 is 6.02. The van der Waals surface area contributed by atoms with Crippen molar-refractivity contribution < 1.29 is 9.59 Å². The minimum absolute atomic E-state index is 0.0841. The Morgan fingerprint density at radius 1 is 1.30 bits per heavy atom. The first-order valence-electron chi connectivity index (χ1n) is 10.6. The molecule has 7 nitrogen and oxygen atoms in total. The van der Waals surface area contributed by atoms with Crippen molar-refractivity contribution in [2.45, 2.75) is 38.3 Å². The molecule has 0 spiro atoms. The standard InChI is InChI=1S/C22H32ClN5O2/c1-4-5-6-18-14-27(15-21(29)24-11-12-26(2)3)22(30)20-13-19(25-28(18)20)16-7-9-17(23)10-8-16/h7-10,13,18-19,25H,4-6,11-12,14-15H2,1-3H3,(H,24,29). The minimum Gasteiger partial charge on any atom is -0.353 e. The average Bonchev–Trinajstić information content (AvgIpc) is 3.15. The van der Waals surface area contributed by atoms with Gasteiger partial charge in [0.2, 0.25) is 5.91 Å². The molecule has 164 valence electrons. The molecule has 2 amide bonds. The molecule has 30 heavy (non-hydrogen) atoms. The Kier molecular flexibility index (Phi) is 7.75. The molecule has 8 heteroatoms. The van der Waals surface area contributed by atoms with E-state index in [-0.39, 0.29) is 30.4 Å². The van der Waals surface area contributed by atoms with Gasteiger partial charge in [-0.3, -0.25) is 14.6 Å². The minimum atomic E-state index is -0.117. The zero-order chi connectivity index (χ0) is 21.7. The molecule has 2 atom stereocenters. The molecule has 1 aromatic rings. The number of hydrazine groups is 1. The van der Waals surface area contributed by atoms with Crippen LogP contribution in [0.2, 0.25) is 5.02 Å². The van der Waals surface area contributed by atoms with E-state index in [0.717, 1.165) is 31.4 Å². The average molecular weight is 434 g/mol. The highest BCUT2D eigenvalue weighted by atomic mass is 35.5. The van der Waals surface area contributed by atoms with Gasteiger partial charge in [0.25, 0.3) is 5.91 Å². The molecule has 0 saturated carbocycles. The van der Waals surface area contributed by atoms with Gasteiger partial charge in [0.05, 0.1) is 18.6 Å². The first-order valence-corrected chi connectivity index (χ1v) is 11.0. The van der Waals surface area contributed by atoms with Crippen molar-refractivity contribution in [3.8, 4) is 0 Å². The number of nitrogens with zero attached hydrogens (tertiary/aromatic N) is 3. The third-order valence-corrected chi connectivity index (χ3v) is 5.75. The predicted molar refractivity (Wildman–Crippen MR) is 119 cm³/mol. The van der Waals surface area contributed by atoms with Crippen LogP contribution in [0.1, 0.15) is 37.8 Å². The number of amides is 2. The van der Waals surface area contributed by atoms with E-state index in [9.17, 15) is 9.59 Å². The van der Waals surface area contributed by atoms with Crippen molar-refractivity contribution in [3.63, 3.8) is 0 Å². The van der Waals surface area contributed by atoms with E-state index in [1.165, 1.54) is 0 Å². The number of carbonyl (C=O) groups excluding carboxylic acids is 2. The Hall–Kier alpha value is -2.09. The maximum atomic E-state index is 13.1. The van der Waals surface area contributed by atoms with Crippen LogP contribution < -0.4 is 10.7 Å². The molecule has 3 rings (SSSR count). The summed E-state index contributed by atoms with van der Waals surface area (Å²) in [7, 11) is 3.92. The van der Waals surface area contributed by atoms with E-state index in [1.54, 1.807) is 4.90 Å². The van der Waals surface area contributed by atoms with Crippen LogP contribution in [0.5, 0.6) is 0 Å². The van der Waals surface area contributed by atoms with Crippen LogP contribution in [0.3, 0.4) is 0 Å². The Balaban J connectivity index is 1.72. The molecule has 0 radical (unpaired) electrons. The van der Waals surface area contributed by atoms with Crippen LogP contribution in [-0.2, 0) is 9.59 Å². The number of likely N-dealkylation sites (N-methyl/N-ethyl adjacent to an activating group) is 1. The molecule has 2 N–H and O–H groups in total. The number of halogens is 1. The van der Waals surface area contributed by atoms with Gasteiger partial charge < -0.3 is 15.1 Å². The van der Waals surface area contributed by atoms with E-state index in [4.69, 9.17) is 11.6 Å². The molecule has 2 unspecified atom stereocenters. The lowest BCUT2D eigenvalue weighted by Gasteiger charge is -2.41. The summed E-state index contributed by atoms with van der Waals surface area (Å²) in [4.78, 5) is 29.2. The topological polar surface area (TPSA) is 67.9 Å². The van der Waals surface area contributed by atoms with Crippen LogP contribution in [0.15, 0.2) is 36.0 Å². The van der Waals surface area contributed by atoms with Gasteiger partial charge in [-0.15, -0.1) is 0 Å². The summed E-state index contributed by atoms with van der Waals surface area (Å²) in [5.41, 5.74) is 5.16.